The summed E-state index contributed by atoms with van der Waals surface area (Å²) in [4.78, 5) is 0. The van der Waals surface area contributed by atoms with E-state index in [0.717, 1.165) is 23.4 Å². The normalized spacial score (nSPS) is 12.5. The van der Waals surface area contributed by atoms with E-state index in [4.69, 9.17) is 15.6 Å². The fourth-order valence-corrected chi connectivity index (χ4v) is 1.55. The fourth-order valence-electron chi connectivity index (χ4n) is 1.55. The summed E-state index contributed by atoms with van der Waals surface area (Å²) in [5.41, 5.74) is 7.32. The molecule has 1 unspecified atom stereocenters. The molecule has 0 spiro atoms. The van der Waals surface area contributed by atoms with Crippen molar-refractivity contribution in [2.24, 2.45) is 5.73 Å². The van der Waals surface area contributed by atoms with Crippen LogP contribution in [0.3, 0.4) is 0 Å². The summed E-state index contributed by atoms with van der Waals surface area (Å²) < 4.78 is 5.63. The highest BCUT2D eigenvalue weighted by Gasteiger charge is 2.01. The molecule has 0 aliphatic heterocycles. The van der Waals surface area contributed by atoms with Crippen LogP contribution in [-0.4, -0.2) is 30.5 Å². The molecule has 0 bridgehead atoms. The molecule has 0 saturated heterocycles. The van der Waals surface area contributed by atoms with Crippen LogP contribution in [-0.2, 0) is 6.42 Å². The zero-order chi connectivity index (χ0) is 14.3. The van der Waals surface area contributed by atoms with E-state index in [-0.39, 0.29) is 0 Å². The number of benzene rings is 1. The molecule has 4 nitrogen and oxygen atoms in total. The number of rotatable bonds is 8. The van der Waals surface area contributed by atoms with Crippen LogP contribution in [0.2, 0.25) is 0 Å². The van der Waals surface area contributed by atoms with Gasteiger partial charge in [0.25, 0.3) is 0 Å². The maximum atomic E-state index is 9.08. The molecule has 0 aliphatic carbocycles. The smallest absolute Gasteiger partial charge is 0.119 e. The first-order chi connectivity index (χ1) is 8.97. The molecule has 0 aliphatic rings. The van der Waals surface area contributed by atoms with Crippen molar-refractivity contribution in [1.29, 1.82) is 0 Å². The van der Waals surface area contributed by atoms with Crippen LogP contribution < -0.4 is 15.8 Å². The molecule has 106 valence electrons. The molecule has 0 aromatic heterocycles. The summed E-state index contributed by atoms with van der Waals surface area (Å²) in [6.07, 6.45) is -0.362. The van der Waals surface area contributed by atoms with E-state index in [1.54, 1.807) is 0 Å². The Morgan fingerprint density at radius 1 is 1.37 bits per heavy atom. The van der Waals surface area contributed by atoms with Crippen LogP contribution in [0.25, 0.3) is 0 Å². The molecule has 0 fully saturated rings. The maximum absolute atomic E-state index is 9.08. The van der Waals surface area contributed by atoms with Crippen molar-refractivity contribution in [2.45, 2.75) is 32.5 Å². The van der Waals surface area contributed by atoms with E-state index < -0.39 is 6.23 Å². The minimum atomic E-state index is -0.811. The summed E-state index contributed by atoms with van der Waals surface area (Å²) in [7, 11) is 0. The first-order valence-corrected chi connectivity index (χ1v) is 6.53. The summed E-state index contributed by atoms with van der Waals surface area (Å²) in [5, 5.41) is 12.4. The zero-order valence-corrected chi connectivity index (χ0v) is 11.7. The largest absolute Gasteiger partial charge is 0.489 e. The van der Waals surface area contributed by atoms with Gasteiger partial charge in [-0.25, -0.2) is 0 Å². The molecule has 1 atom stereocenters. The number of hydrogen-bond acceptors (Lipinski definition) is 4. The van der Waals surface area contributed by atoms with Gasteiger partial charge in [-0.05, 0) is 23.3 Å². The standard InChI is InChI=1S/C15H24N2O2/c1-11(2)17-9-12(3)10-19-14-6-4-13(5-7-14)8-15(16)18/h4-7,11,15,17-18H,3,8-10,16H2,1-2H3. The number of aliphatic hydroxyl groups excluding tert-OH is 1. The molecule has 0 radical (unpaired) electrons. The molecule has 1 rings (SSSR count). The molecule has 4 heteroatoms. The molecule has 1 aromatic carbocycles. The summed E-state index contributed by atoms with van der Waals surface area (Å²) in [5.74, 6) is 0.793. The Morgan fingerprint density at radius 2 is 2.00 bits per heavy atom. The molecule has 1 aromatic rings. The van der Waals surface area contributed by atoms with Crippen molar-refractivity contribution < 1.29 is 9.84 Å². The van der Waals surface area contributed by atoms with Gasteiger partial charge < -0.3 is 20.9 Å². The average molecular weight is 264 g/mol. The zero-order valence-electron chi connectivity index (χ0n) is 11.7. The first kappa shape index (κ1) is 15.7. The average Bonchev–Trinajstić information content (AvgIpc) is 2.35. The minimum Gasteiger partial charge on any atom is -0.489 e. The molecular formula is C15H24N2O2. The third-order valence-electron chi connectivity index (χ3n) is 2.57. The van der Waals surface area contributed by atoms with Gasteiger partial charge in [0.1, 0.15) is 18.6 Å². The third kappa shape index (κ3) is 6.96. The molecule has 19 heavy (non-hydrogen) atoms. The molecule has 0 saturated carbocycles. The third-order valence-corrected chi connectivity index (χ3v) is 2.57. The monoisotopic (exact) mass is 264 g/mol. The van der Waals surface area contributed by atoms with Gasteiger partial charge in [-0.2, -0.15) is 0 Å². The van der Waals surface area contributed by atoms with Gasteiger partial charge in [0.05, 0.1) is 0 Å². The maximum Gasteiger partial charge on any atom is 0.119 e. The molecule has 0 heterocycles. The van der Waals surface area contributed by atoms with Crippen LogP contribution in [0.4, 0.5) is 0 Å². The Hall–Kier alpha value is -1.36. The van der Waals surface area contributed by atoms with Gasteiger partial charge in [-0.15, -0.1) is 0 Å². The van der Waals surface area contributed by atoms with Crippen molar-refractivity contribution in [3.63, 3.8) is 0 Å². The summed E-state index contributed by atoms with van der Waals surface area (Å²) >= 11 is 0. The van der Waals surface area contributed by atoms with E-state index in [1.807, 2.05) is 24.3 Å². The lowest BCUT2D eigenvalue weighted by atomic mass is 10.1. The summed E-state index contributed by atoms with van der Waals surface area (Å²) in [6, 6.07) is 8.00. The minimum absolute atomic E-state index is 0.443. The van der Waals surface area contributed by atoms with Gasteiger partial charge in [0.2, 0.25) is 0 Å². The van der Waals surface area contributed by atoms with Crippen molar-refractivity contribution in [3.8, 4) is 5.75 Å². The van der Waals surface area contributed by atoms with Crippen LogP contribution in [0, 0.1) is 0 Å². The van der Waals surface area contributed by atoms with Gasteiger partial charge in [0, 0.05) is 19.0 Å². The van der Waals surface area contributed by atoms with Gasteiger partial charge in [0.15, 0.2) is 0 Å². The number of hydrogen-bond donors (Lipinski definition) is 3. The number of nitrogens with two attached hydrogens (primary N) is 1. The SMILES string of the molecule is C=C(CNC(C)C)COc1ccc(CC(N)O)cc1. The second kappa shape index (κ2) is 7.94. The van der Waals surface area contributed by atoms with E-state index in [0.29, 0.717) is 19.1 Å². The van der Waals surface area contributed by atoms with E-state index >= 15 is 0 Å². The Morgan fingerprint density at radius 3 is 2.53 bits per heavy atom. The number of ether oxygens (including phenoxy) is 1. The van der Waals surface area contributed by atoms with Gasteiger partial charge >= 0.3 is 0 Å². The lowest BCUT2D eigenvalue weighted by Gasteiger charge is -2.12. The summed E-state index contributed by atoms with van der Waals surface area (Å²) in [6.45, 7) is 9.41. The number of aliphatic hydroxyl groups is 1. The second-order valence-electron chi connectivity index (χ2n) is 4.99. The highest BCUT2D eigenvalue weighted by atomic mass is 16.5. The van der Waals surface area contributed by atoms with Crippen LogP contribution >= 0.6 is 0 Å². The lowest BCUT2D eigenvalue weighted by Crippen LogP contribution is -2.26. The number of nitrogens with one attached hydrogen (secondary N) is 1. The van der Waals surface area contributed by atoms with Crippen molar-refractivity contribution in [3.05, 3.63) is 42.0 Å². The second-order valence-corrected chi connectivity index (χ2v) is 4.99. The van der Waals surface area contributed by atoms with Crippen molar-refractivity contribution >= 4 is 0 Å². The van der Waals surface area contributed by atoms with E-state index in [1.165, 1.54) is 0 Å². The quantitative estimate of drug-likeness (QED) is 0.491. The Bertz CT molecular complexity index is 386. The topological polar surface area (TPSA) is 67.5 Å². The Kier molecular flexibility index (Phi) is 6.56. The highest BCUT2D eigenvalue weighted by molar-refractivity contribution is 5.28. The van der Waals surface area contributed by atoms with Crippen molar-refractivity contribution in [1.82, 2.24) is 5.32 Å². The van der Waals surface area contributed by atoms with Crippen LogP contribution in [0.1, 0.15) is 19.4 Å². The Labute approximate surface area is 115 Å². The van der Waals surface area contributed by atoms with E-state index in [9.17, 15) is 0 Å². The fraction of sp³-hybridized carbons (Fsp3) is 0.467. The first-order valence-electron chi connectivity index (χ1n) is 6.53. The molecule has 4 N–H and O–H groups in total. The van der Waals surface area contributed by atoms with Crippen LogP contribution in [0.15, 0.2) is 36.4 Å². The predicted molar refractivity (Wildman–Crippen MR) is 78.1 cm³/mol. The van der Waals surface area contributed by atoms with Gasteiger partial charge in [-0.3, -0.25) is 0 Å². The Balaban J connectivity index is 2.35. The van der Waals surface area contributed by atoms with E-state index in [2.05, 4.69) is 25.7 Å². The molecular weight excluding hydrogens is 240 g/mol. The molecule has 0 amide bonds. The lowest BCUT2D eigenvalue weighted by molar-refractivity contribution is 0.183. The van der Waals surface area contributed by atoms with Crippen LogP contribution in [0.5, 0.6) is 5.75 Å². The highest BCUT2D eigenvalue weighted by Crippen LogP contribution is 2.13. The van der Waals surface area contributed by atoms with Gasteiger partial charge in [-0.1, -0.05) is 32.6 Å². The predicted octanol–water partition coefficient (Wildman–Crippen LogP) is 1.44. The van der Waals surface area contributed by atoms with Crippen molar-refractivity contribution in [2.75, 3.05) is 13.2 Å².